The molecule has 1 saturated heterocycles. The first-order chi connectivity index (χ1) is 9.15. The van der Waals surface area contributed by atoms with Gasteiger partial charge < -0.3 is 15.0 Å². The van der Waals surface area contributed by atoms with Crippen LogP contribution in [0.3, 0.4) is 0 Å². The maximum Gasteiger partial charge on any atom is 0.258 e. The maximum atomic E-state index is 12.7. The van der Waals surface area contributed by atoms with Crippen LogP contribution in [0.25, 0.3) is 0 Å². The SMILES string of the molecule is CCOc1ccccc1C(=O)N1C(C)CNCC1C. The smallest absolute Gasteiger partial charge is 0.258 e. The molecule has 0 radical (unpaired) electrons. The lowest BCUT2D eigenvalue weighted by atomic mass is 10.1. The molecule has 1 aliphatic heterocycles. The van der Waals surface area contributed by atoms with Gasteiger partial charge in [0.25, 0.3) is 5.91 Å². The molecule has 4 nitrogen and oxygen atoms in total. The lowest BCUT2D eigenvalue weighted by Gasteiger charge is -2.39. The summed E-state index contributed by atoms with van der Waals surface area (Å²) in [6.07, 6.45) is 0. The largest absolute Gasteiger partial charge is 0.493 e. The van der Waals surface area contributed by atoms with Gasteiger partial charge in [0.05, 0.1) is 12.2 Å². The van der Waals surface area contributed by atoms with Gasteiger partial charge in [-0.1, -0.05) is 12.1 Å². The Bertz CT molecular complexity index is 438. The van der Waals surface area contributed by atoms with Crippen LogP contribution in [0.4, 0.5) is 0 Å². The molecule has 1 amide bonds. The summed E-state index contributed by atoms with van der Waals surface area (Å²) in [5, 5.41) is 3.34. The zero-order chi connectivity index (χ0) is 13.8. The van der Waals surface area contributed by atoms with Crippen LogP contribution < -0.4 is 10.1 Å². The minimum absolute atomic E-state index is 0.0607. The number of carbonyl (C=O) groups is 1. The zero-order valence-electron chi connectivity index (χ0n) is 11.8. The summed E-state index contributed by atoms with van der Waals surface area (Å²) < 4.78 is 5.56. The zero-order valence-corrected chi connectivity index (χ0v) is 11.8. The first-order valence-electron chi connectivity index (χ1n) is 6.90. The Kier molecular flexibility index (Phi) is 4.43. The third-order valence-corrected chi connectivity index (χ3v) is 3.48. The van der Waals surface area contributed by atoms with Crippen LogP contribution in [0.1, 0.15) is 31.1 Å². The number of piperazine rings is 1. The van der Waals surface area contributed by atoms with Crippen LogP contribution in [0.2, 0.25) is 0 Å². The van der Waals surface area contributed by atoms with Gasteiger partial charge in [-0.3, -0.25) is 4.79 Å². The topological polar surface area (TPSA) is 41.6 Å². The van der Waals surface area contributed by atoms with Crippen LogP contribution in [0.5, 0.6) is 5.75 Å². The fourth-order valence-electron chi connectivity index (χ4n) is 2.60. The second kappa shape index (κ2) is 6.06. The van der Waals surface area contributed by atoms with Crippen LogP contribution in [0, 0.1) is 0 Å². The standard InChI is InChI=1S/C15H22N2O2/c1-4-19-14-8-6-5-7-13(14)15(18)17-11(2)9-16-10-12(17)3/h5-8,11-12,16H,4,9-10H2,1-3H3. The summed E-state index contributed by atoms with van der Waals surface area (Å²) in [7, 11) is 0. The number of para-hydroxylation sites is 1. The summed E-state index contributed by atoms with van der Waals surface area (Å²) in [4.78, 5) is 14.7. The van der Waals surface area contributed by atoms with Gasteiger partial charge in [0.15, 0.2) is 0 Å². The molecule has 2 atom stereocenters. The first-order valence-corrected chi connectivity index (χ1v) is 6.90. The Hall–Kier alpha value is -1.55. The number of benzene rings is 1. The number of nitrogens with zero attached hydrogens (tertiary/aromatic N) is 1. The molecule has 19 heavy (non-hydrogen) atoms. The molecule has 0 bridgehead atoms. The predicted molar refractivity (Wildman–Crippen MR) is 75.6 cm³/mol. The van der Waals surface area contributed by atoms with Crippen molar-refractivity contribution in [1.29, 1.82) is 0 Å². The molecule has 1 fully saturated rings. The second-order valence-electron chi connectivity index (χ2n) is 5.00. The highest BCUT2D eigenvalue weighted by molar-refractivity contribution is 5.97. The van der Waals surface area contributed by atoms with Crippen molar-refractivity contribution in [2.75, 3.05) is 19.7 Å². The summed E-state index contributed by atoms with van der Waals surface area (Å²) in [5.74, 6) is 0.735. The number of hydrogen-bond donors (Lipinski definition) is 1. The first kappa shape index (κ1) is 13.9. The van der Waals surface area contributed by atoms with Crippen molar-refractivity contribution in [2.45, 2.75) is 32.9 Å². The van der Waals surface area contributed by atoms with Crippen molar-refractivity contribution in [3.8, 4) is 5.75 Å². The highest BCUT2D eigenvalue weighted by Gasteiger charge is 2.30. The molecule has 1 aliphatic rings. The Morgan fingerprint density at radius 3 is 2.58 bits per heavy atom. The number of rotatable bonds is 3. The fourth-order valence-corrected chi connectivity index (χ4v) is 2.60. The molecule has 0 spiro atoms. The molecule has 1 aromatic carbocycles. The number of ether oxygens (including phenoxy) is 1. The number of hydrogen-bond acceptors (Lipinski definition) is 3. The molecule has 4 heteroatoms. The Labute approximate surface area is 114 Å². The monoisotopic (exact) mass is 262 g/mol. The van der Waals surface area contributed by atoms with Gasteiger partial charge in [-0.15, -0.1) is 0 Å². The lowest BCUT2D eigenvalue weighted by Crippen LogP contribution is -2.57. The lowest BCUT2D eigenvalue weighted by molar-refractivity contribution is 0.0540. The molecule has 0 aliphatic carbocycles. The van der Waals surface area contributed by atoms with Gasteiger partial charge >= 0.3 is 0 Å². The van der Waals surface area contributed by atoms with E-state index in [9.17, 15) is 4.79 Å². The van der Waals surface area contributed by atoms with Gasteiger partial charge in [0.2, 0.25) is 0 Å². The highest BCUT2D eigenvalue weighted by atomic mass is 16.5. The summed E-state index contributed by atoms with van der Waals surface area (Å²) >= 11 is 0. The Morgan fingerprint density at radius 2 is 1.95 bits per heavy atom. The molecular weight excluding hydrogens is 240 g/mol. The predicted octanol–water partition coefficient (Wildman–Crippen LogP) is 1.91. The molecule has 2 rings (SSSR count). The minimum Gasteiger partial charge on any atom is -0.493 e. The molecule has 1 heterocycles. The third-order valence-electron chi connectivity index (χ3n) is 3.48. The minimum atomic E-state index is 0.0607. The number of amides is 1. The van der Waals surface area contributed by atoms with Gasteiger partial charge in [-0.05, 0) is 32.9 Å². The van der Waals surface area contributed by atoms with Crippen molar-refractivity contribution in [3.63, 3.8) is 0 Å². The summed E-state index contributed by atoms with van der Waals surface area (Å²) in [6.45, 7) is 8.32. The van der Waals surface area contributed by atoms with Gasteiger partial charge in [0.1, 0.15) is 5.75 Å². The van der Waals surface area contributed by atoms with Crippen LogP contribution >= 0.6 is 0 Å². The van der Waals surface area contributed by atoms with E-state index in [0.29, 0.717) is 17.9 Å². The van der Waals surface area contributed by atoms with Crippen LogP contribution in [-0.4, -0.2) is 42.6 Å². The quantitative estimate of drug-likeness (QED) is 0.904. The van der Waals surface area contributed by atoms with E-state index >= 15 is 0 Å². The molecule has 2 unspecified atom stereocenters. The van der Waals surface area contributed by atoms with E-state index in [0.717, 1.165) is 13.1 Å². The molecule has 104 valence electrons. The normalized spacial score (nSPS) is 23.2. The van der Waals surface area contributed by atoms with Crippen LogP contribution in [0.15, 0.2) is 24.3 Å². The summed E-state index contributed by atoms with van der Waals surface area (Å²) in [6, 6.07) is 7.87. The van der Waals surface area contributed by atoms with E-state index in [-0.39, 0.29) is 18.0 Å². The average molecular weight is 262 g/mol. The number of nitrogens with one attached hydrogen (secondary N) is 1. The van der Waals surface area contributed by atoms with E-state index in [1.807, 2.05) is 36.1 Å². The molecule has 0 saturated carbocycles. The van der Waals surface area contributed by atoms with Gasteiger partial charge in [-0.2, -0.15) is 0 Å². The average Bonchev–Trinajstić information content (AvgIpc) is 2.39. The van der Waals surface area contributed by atoms with Gasteiger partial charge in [0, 0.05) is 25.2 Å². The van der Waals surface area contributed by atoms with E-state index in [1.165, 1.54) is 0 Å². The van der Waals surface area contributed by atoms with E-state index in [2.05, 4.69) is 19.2 Å². The van der Waals surface area contributed by atoms with E-state index in [4.69, 9.17) is 4.74 Å². The summed E-state index contributed by atoms with van der Waals surface area (Å²) in [5.41, 5.74) is 0.657. The fraction of sp³-hybridized carbons (Fsp3) is 0.533. The third kappa shape index (κ3) is 2.89. The van der Waals surface area contributed by atoms with Crippen molar-refractivity contribution in [3.05, 3.63) is 29.8 Å². The van der Waals surface area contributed by atoms with Crippen LogP contribution in [-0.2, 0) is 0 Å². The van der Waals surface area contributed by atoms with E-state index < -0.39 is 0 Å². The van der Waals surface area contributed by atoms with Crippen molar-refractivity contribution < 1.29 is 9.53 Å². The van der Waals surface area contributed by atoms with Crippen molar-refractivity contribution >= 4 is 5.91 Å². The van der Waals surface area contributed by atoms with Gasteiger partial charge in [-0.25, -0.2) is 0 Å². The maximum absolute atomic E-state index is 12.7. The Morgan fingerprint density at radius 1 is 1.32 bits per heavy atom. The molecule has 1 aromatic rings. The molecular formula is C15H22N2O2. The second-order valence-corrected chi connectivity index (χ2v) is 5.00. The molecule has 1 N–H and O–H groups in total. The molecule has 0 aromatic heterocycles. The Balaban J connectivity index is 2.27. The van der Waals surface area contributed by atoms with Crippen molar-refractivity contribution in [2.24, 2.45) is 0 Å². The highest BCUT2D eigenvalue weighted by Crippen LogP contribution is 2.23. The van der Waals surface area contributed by atoms with Crippen molar-refractivity contribution in [1.82, 2.24) is 10.2 Å². The number of carbonyl (C=O) groups excluding carboxylic acids is 1. The van der Waals surface area contributed by atoms with E-state index in [1.54, 1.807) is 0 Å².